The molecule has 3 rings (SSSR count). The second-order valence-electron chi connectivity index (χ2n) is 7.00. The van der Waals surface area contributed by atoms with Crippen molar-refractivity contribution in [1.29, 1.82) is 0 Å². The van der Waals surface area contributed by atoms with Crippen LogP contribution in [0, 0.1) is 0 Å². The monoisotopic (exact) mass is 441 g/mol. The molecule has 2 aromatic rings. The smallest absolute Gasteiger partial charge is 0.365 e. The Labute approximate surface area is 173 Å². The predicted molar refractivity (Wildman–Crippen MR) is 106 cm³/mol. The number of carbonyl (C=O) groups excluding carboxylic acids is 1. The molecule has 0 aromatic heterocycles. The van der Waals surface area contributed by atoms with Crippen LogP contribution in [0.2, 0.25) is 0 Å². The van der Waals surface area contributed by atoms with Gasteiger partial charge in [-0.1, -0.05) is 24.3 Å². The van der Waals surface area contributed by atoms with E-state index in [2.05, 4.69) is 0 Å². The van der Waals surface area contributed by atoms with Gasteiger partial charge in [-0.2, -0.15) is 17.5 Å². The van der Waals surface area contributed by atoms with Crippen LogP contribution in [0.25, 0.3) is 0 Å². The van der Waals surface area contributed by atoms with E-state index in [-0.39, 0.29) is 38.6 Å². The number of amides is 1. The Morgan fingerprint density at radius 2 is 1.63 bits per heavy atom. The van der Waals surface area contributed by atoms with Gasteiger partial charge in [0.15, 0.2) is 0 Å². The molecule has 10 heteroatoms. The van der Waals surface area contributed by atoms with E-state index in [1.165, 1.54) is 0 Å². The predicted octanol–water partition coefficient (Wildman–Crippen LogP) is 2.67. The third-order valence-electron chi connectivity index (χ3n) is 4.96. The van der Waals surface area contributed by atoms with Gasteiger partial charge < -0.3 is 9.80 Å². The van der Waals surface area contributed by atoms with E-state index in [9.17, 15) is 26.4 Å². The normalized spacial score (nSPS) is 15.8. The first-order chi connectivity index (χ1) is 14.1. The second kappa shape index (κ2) is 8.65. The molecule has 6 nitrogen and oxygen atoms in total. The van der Waals surface area contributed by atoms with Gasteiger partial charge in [0.2, 0.25) is 15.9 Å². The summed E-state index contributed by atoms with van der Waals surface area (Å²) in [4.78, 5) is 15.5. The van der Waals surface area contributed by atoms with Gasteiger partial charge in [0.25, 0.3) is 0 Å². The lowest BCUT2D eigenvalue weighted by Gasteiger charge is -2.35. The lowest BCUT2D eigenvalue weighted by Crippen LogP contribution is -2.52. The molecule has 162 valence electrons. The first kappa shape index (κ1) is 22.1. The van der Waals surface area contributed by atoms with E-state index < -0.39 is 26.7 Å². The van der Waals surface area contributed by atoms with Gasteiger partial charge >= 0.3 is 6.18 Å². The summed E-state index contributed by atoms with van der Waals surface area (Å²) in [5.74, 6) is -0.141. The standard InChI is InChI=1S/C20H22F3N3O3S/c1-24(17-7-3-2-4-8-17)15-19(27)25-10-12-26(13-11-25)30(28,29)18-9-5-6-16(14-18)20(21,22)23/h2-9,14H,10-13,15H2,1H3. The number of hydrogen-bond acceptors (Lipinski definition) is 4. The van der Waals surface area contributed by atoms with Crippen molar-refractivity contribution in [3.63, 3.8) is 0 Å². The molecular weight excluding hydrogens is 419 g/mol. The minimum Gasteiger partial charge on any atom is -0.365 e. The van der Waals surface area contributed by atoms with Crippen molar-refractivity contribution in [3.05, 3.63) is 60.2 Å². The van der Waals surface area contributed by atoms with Crippen LogP contribution < -0.4 is 4.90 Å². The molecule has 0 unspecified atom stereocenters. The van der Waals surface area contributed by atoms with Gasteiger partial charge in [-0.15, -0.1) is 0 Å². The van der Waals surface area contributed by atoms with Crippen LogP contribution in [0.5, 0.6) is 0 Å². The first-order valence-corrected chi connectivity index (χ1v) is 10.7. The van der Waals surface area contributed by atoms with Crippen LogP contribution in [0.4, 0.5) is 18.9 Å². The highest BCUT2D eigenvalue weighted by atomic mass is 32.2. The topological polar surface area (TPSA) is 60.9 Å². The molecule has 1 saturated heterocycles. The van der Waals surface area contributed by atoms with E-state index in [0.29, 0.717) is 6.07 Å². The molecule has 1 aliphatic rings. The van der Waals surface area contributed by atoms with Crippen LogP contribution >= 0.6 is 0 Å². The third kappa shape index (κ3) is 4.93. The van der Waals surface area contributed by atoms with E-state index >= 15 is 0 Å². The number of rotatable bonds is 5. The molecule has 1 aliphatic heterocycles. The molecule has 0 atom stereocenters. The largest absolute Gasteiger partial charge is 0.416 e. The Balaban J connectivity index is 1.63. The Morgan fingerprint density at radius 1 is 1.00 bits per heavy atom. The van der Waals surface area contributed by atoms with Gasteiger partial charge in [-0.25, -0.2) is 8.42 Å². The van der Waals surface area contributed by atoms with Crippen molar-refractivity contribution < 1.29 is 26.4 Å². The number of nitrogens with zero attached hydrogens (tertiary/aromatic N) is 3. The van der Waals surface area contributed by atoms with Gasteiger partial charge in [0.05, 0.1) is 17.0 Å². The van der Waals surface area contributed by atoms with Crippen LogP contribution in [0.15, 0.2) is 59.5 Å². The molecule has 1 fully saturated rings. The summed E-state index contributed by atoms with van der Waals surface area (Å²) in [6.45, 7) is 0.558. The lowest BCUT2D eigenvalue weighted by atomic mass is 10.2. The fourth-order valence-electron chi connectivity index (χ4n) is 3.24. The number of anilines is 1. The van der Waals surface area contributed by atoms with Crippen molar-refractivity contribution in [1.82, 2.24) is 9.21 Å². The number of sulfonamides is 1. The van der Waals surface area contributed by atoms with Gasteiger partial charge in [-0.05, 0) is 30.3 Å². The number of alkyl halides is 3. The van der Waals surface area contributed by atoms with E-state index in [1.54, 1.807) is 16.8 Å². The second-order valence-corrected chi connectivity index (χ2v) is 8.94. The molecular formula is C20H22F3N3O3S. The minimum atomic E-state index is -4.62. The van der Waals surface area contributed by atoms with Gasteiger partial charge in [0.1, 0.15) is 0 Å². The van der Waals surface area contributed by atoms with Crippen molar-refractivity contribution >= 4 is 21.6 Å². The summed E-state index contributed by atoms with van der Waals surface area (Å²) >= 11 is 0. The molecule has 0 spiro atoms. The van der Waals surface area contributed by atoms with Crippen molar-refractivity contribution in [2.75, 3.05) is 44.7 Å². The number of para-hydroxylation sites is 1. The Kier molecular flexibility index (Phi) is 6.37. The third-order valence-corrected chi connectivity index (χ3v) is 6.85. The first-order valence-electron chi connectivity index (χ1n) is 9.30. The minimum absolute atomic E-state index is 0.0272. The summed E-state index contributed by atoms with van der Waals surface area (Å²) in [5.41, 5.74) is -0.127. The highest BCUT2D eigenvalue weighted by Gasteiger charge is 2.34. The molecule has 0 aliphatic carbocycles. The number of carbonyl (C=O) groups is 1. The average Bonchev–Trinajstić information content (AvgIpc) is 2.74. The Bertz CT molecular complexity index is 989. The molecule has 1 amide bonds. The van der Waals surface area contributed by atoms with Crippen LogP contribution in [-0.2, 0) is 21.0 Å². The maximum atomic E-state index is 12.9. The van der Waals surface area contributed by atoms with E-state index in [0.717, 1.165) is 28.2 Å². The number of piperazine rings is 1. The Hall–Kier alpha value is -2.59. The van der Waals surface area contributed by atoms with Crippen LogP contribution in [0.3, 0.4) is 0 Å². The summed E-state index contributed by atoms with van der Waals surface area (Å²) in [6, 6.07) is 13.1. The van der Waals surface area contributed by atoms with Crippen molar-refractivity contribution in [3.8, 4) is 0 Å². The highest BCUT2D eigenvalue weighted by Crippen LogP contribution is 2.31. The van der Waals surface area contributed by atoms with Gasteiger partial charge in [0, 0.05) is 38.9 Å². The molecule has 0 bridgehead atoms. The molecule has 0 radical (unpaired) electrons. The summed E-state index contributed by atoms with van der Waals surface area (Å²) in [7, 11) is -2.28. The number of hydrogen-bond donors (Lipinski definition) is 0. The fraction of sp³-hybridized carbons (Fsp3) is 0.350. The van der Waals surface area contributed by atoms with Crippen LogP contribution in [-0.4, -0.2) is 63.3 Å². The van der Waals surface area contributed by atoms with Crippen LogP contribution in [0.1, 0.15) is 5.56 Å². The quantitative estimate of drug-likeness (QED) is 0.716. The molecule has 0 saturated carbocycles. The summed E-state index contributed by atoms with van der Waals surface area (Å²) in [5, 5.41) is 0. The zero-order chi connectivity index (χ0) is 21.9. The zero-order valence-corrected chi connectivity index (χ0v) is 17.2. The molecule has 2 aromatic carbocycles. The maximum absolute atomic E-state index is 12.9. The maximum Gasteiger partial charge on any atom is 0.416 e. The number of likely N-dealkylation sites (N-methyl/N-ethyl adjacent to an activating group) is 1. The zero-order valence-electron chi connectivity index (χ0n) is 16.3. The molecule has 1 heterocycles. The number of halogens is 3. The fourth-order valence-corrected chi connectivity index (χ4v) is 4.71. The van der Waals surface area contributed by atoms with E-state index in [4.69, 9.17) is 0 Å². The highest BCUT2D eigenvalue weighted by molar-refractivity contribution is 7.89. The average molecular weight is 441 g/mol. The van der Waals surface area contributed by atoms with Gasteiger partial charge in [-0.3, -0.25) is 4.79 Å². The molecule has 30 heavy (non-hydrogen) atoms. The van der Waals surface area contributed by atoms with Crippen molar-refractivity contribution in [2.24, 2.45) is 0 Å². The lowest BCUT2D eigenvalue weighted by molar-refractivity contribution is -0.137. The van der Waals surface area contributed by atoms with Crippen molar-refractivity contribution in [2.45, 2.75) is 11.1 Å². The summed E-state index contributed by atoms with van der Waals surface area (Å²) in [6.07, 6.45) is -4.62. The van der Waals surface area contributed by atoms with E-state index in [1.807, 2.05) is 30.3 Å². The number of benzene rings is 2. The summed E-state index contributed by atoms with van der Waals surface area (Å²) < 4.78 is 65.3. The SMILES string of the molecule is CN(CC(=O)N1CCN(S(=O)(=O)c2cccc(C(F)(F)F)c2)CC1)c1ccccc1. The Morgan fingerprint density at radius 3 is 2.23 bits per heavy atom. The molecule has 0 N–H and O–H groups in total.